The van der Waals surface area contributed by atoms with Gasteiger partial charge in [-0.15, -0.1) is 11.3 Å². The number of carboxylic acid groups (broad SMARTS) is 1. The van der Waals surface area contributed by atoms with Gasteiger partial charge in [0.05, 0.1) is 12.7 Å². The Balaban J connectivity index is 1.27. The van der Waals surface area contributed by atoms with Gasteiger partial charge in [-0.05, 0) is 35.6 Å². The van der Waals surface area contributed by atoms with E-state index >= 15 is 0 Å². The summed E-state index contributed by atoms with van der Waals surface area (Å²) < 4.78 is 5.51. The molecule has 0 bridgehead atoms. The maximum absolute atomic E-state index is 12.3. The molecule has 1 heterocycles. The molecule has 4 rings (SSSR count). The molecule has 0 aliphatic heterocycles. The van der Waals surface area contributed by atoms with Crippen molar-refractivity contribution in [2.24, 2.45) is 0 Å². The molecule has 0 radical (unpaired) electrons. The van der Waals surface area contributed by atoms with Gasteiger partial charge in [0, 0.05) is 18.4 Å². The van der Waals surface area contributed by atoms with E-state index in [4.69, 9.17) is 9.84 Å². The Kier molecular flexibility index (Phi) is 7.22. The van der Waals surface area contributed by atoms with Crippen LogP contribution in [0.3, 0.4) is 0 Å². The lowest BCUT2D eigenvalue weighted by molar-refractivity contribution is -0.137. The van der Waals surface area contributed by atoms with Crippen LogP contribution >= 0.6 is 11.3 Å². The van der Waals surface area contributed by atoms with Crippen molar-refractivity contribution in [2.75, 3.05) is 6.61 Å². The number of benzene rings is 2. The van der Waals surface area contributed by atoms with E-state index < -0.39 is 12.1 Å². The molecule has 3 N–H and O–H groups in total. The van der Waals surface area contributed by atoms with Gasteiger partial charge in [-0.1, -0.05) is 48.5 Å². The molecule has 0 saturated heterocycles. The lowest BCUT2D eigenvalue weighted by Crippen LogP contribution is -2.32. The zero-order valence-corrected chi connectivity index (χ0v) is 19.4. The van der Waals surface area contributed by atoms with E-state index in [-0.39, 0.29) is 37.4 Å². The molecule has 0 saturated carbocycles. The number of nitrogens with one attached hydrogen (secondary N) is 2. The minimum absolute atomic E-state index is 0.0144. The van der Waals surface area contributed by atoms with Crippen LogP contribution in [0.2, 0.25) is 0 Å². The predicted molar refractivity (Wildman–Crippen MR) is 128 cm³/mol. The van der Waals surface area contributed by atoms with Crippen LogP contribution in [0.25, 0.3) is 11.1 Å². The third-order valence-electron chi connectivity index (χ3n) is 5.67. The van der Waals surface area contributed by atoms with Gasteiger partial charge in [0.25, 0.3) is 5.91 Å². The van der Waals surface area contributed by atoms with E-state index in [1.807, 2.05) is 24.3 Å². The third kappa shape index (κ3) is 5.43. The Bertz CT molecular complexity index is 1160. The molecule has 1 aromatic heterocycles. The zero-order valence-electron chi connectivity index (χ0n) is 18.6. The smallest absolute Gasteiger partial charge is 0.407 e. The van der Waals surface area contributed by atoms with Crippen molar-refractivity contribution in [3.05, 3.63) is 75.7 Å². The number of hydrogen-bond donors (Lipinski definition) is 3. The second-order valence-corrected chi connectivity index (χ2v) is 9.22. The number of carboxylic acids is 1. The van der Waals surface area contributed by atoms with Gasteiger partial charge in [0.1, 0.15) is 16.5 Å². The Morgan fingerprint density at radius 3 is 2.38 bits per heavy atom. The number of ether oxygens (including phenoxy) is 1. The van der Waals surface area contributed by atoms with Gasteiger partial charge in [0.2, 0.25) is 0 Å². The number of carbonyl (C=O) groups excluding carboxylic acids is 2. The summed E-state index contributed by atoms with van der Waals surface area (Å²) in [6.07, 6.45) is 1.22. The highest BCUT2D eigenvalue weighted by atomic mass is 32.1. The minimum atomic E-state index is -0.902. The van der Waals surface area contributed by atoms with Crippen molar-refractivity contribution in [3.63, 3.8) is 0 Å². The number of nitrogens with zero attached hydrogens (tertiary/aromatic N) is 1. The summed E-state index contributed by atoms with van der Waals surface area (Å²) in [5.74, 6) is -1.24. The van der Waals surface area contributed by atoms with Crippen LogP contribution in [-0.4, -0.2) is 40.7 Å². The van der Waals surface area contributed by atoms with Gasteiger partial charge in [-0.2, -0.15) is 0 Å². The van der Waals surface area contributed by atoms with E-state index in [0.717, 1.165) is 33.6 Å². The van der Waals surface area contributed by atoms with Crippen LogP contribution < -0.4 is 10.6 Å². The normalized spacial score (nSPS) is 13.0. The molecular weight excluding hydrogens is 454 g/mol. The first-order valence-electron chi connectivity index (χ1n) is 11.0. The molecular formula is C25H25N3O5S. The van der Waals surface area contributed by atoms with Crippen molar-refractivity contribution in [3.8, 4) is 11.1 Å². The predicted octanol–water partition coefficient (Wildman–Crippen LogP) is 4.16. The van der Waals surface area contributed by atoms with Gasteiger partial charge in [0.15, 0.2) is 0 Å². The number of hydrogen-bond acceptors (Lipinski definition) is 6. The largest absolute Gasteiger partial charge is 0.481 e. The van der Waals surface area contributed by atoms with Crippen LogP contribution in [-0.2, 0) is 16.1 Å². The second kappa shape index (κ2) is 10.5. The fourth-order valence-corrected chi connectivity index (χ4v) is 4.76. The van der Waals surface area contributed by atoms with E-state index in [2.05, 4.69) is 39.9 Å². The van der Waals surface area contributed by atoms with Crippen molar-refractivity contribution in [2.45, 2.75) is 38.3 Å². The molecule has 1 atom stereocenters. The van der Waals surface area contributed by atoms with Gasteiger partial charge < -0.3 is 20.5 Å². The van der Waals surface area contributed by atoms with Crippen molar-refractivity contribution in [1.82, 2.24) is 15.6 Å². The molecule has 3 aromatic rings. The molecule has 1 aliphatic rings. The summed E-state index contributed by atoms with van der Waals surface area (Å²) in [6.45, 7) is 2.12. The average Bonchev–Trinajstić information content (AvgIpc) is 3.43. The van der Waals surface area contributed by atoms with Gasteiger partial charge >= 0.3 is 12.1 Å². The third-order valence-corrected chi connectivity index (χ3v) is 6.67. The van der Waals surface area contributed by atoms with Crippen LogP contribution in [0, 0.1) is 0 Å². The van der Waals surface area contributed by atoms with E-state index in [1.54, 1.807) is 6.92 Å². The first-order chi connectivity index (χ1) is 16.4. The molecule has 2 aromatic carbocycles. The maximum atomic E-state index is 12.3. The van der Waals surface area contributed by atoms with Crippen LogP contribution in [0.15, 0.2) is 54.7 Å². The quantitative estimate of drug-likeness (QED) is 0.424. The molecule has 1 unspecified atom stereocenters. The Labute approximate surface area is 201 Å². The highest BCUT2D eigenvalue weighted by Crippen LogP contribution is 2.44. The standard InChI is InChI=1S/C25H25N3O5S/c1-15(10-11-23(29)30)28-24(31)21-12-26-22(34-21)13-27-25(32)33-14-20-18-8-4-2-6-16(18)17-7-3-5-9-19(17)20/h2-9,12,15,20H,10-11,13-14H2,1H3,(H,27,32)(H,28,31)(H,29,30). The average molecular weight is 480 g/mol. The summed E-state index contributed by atoms with van der Waals surface area (Å²) >= 11 is 1.16. The molecule has 2 amide bonds. The molecule has 176 valence electrons. The van der Waals surface area contributed by atoms with Crippen molar-refractivity contribution < 1.29 is 24.2 Å². The fraction of sp³-hybridized carbons (Fsp3) is 0.280. The lowest BCUT2D eigenvalue weighted by Gasteiger charge is -2.14. The first kappa shape index (κ1) is 23.4. The number of alkyl carbamates (subject to hydrolysis) is 1. The van der Waals surface area contributed by atoms with Crippen LogP contribution in [0.1, 0.15) is 51.5 Å². The number of carbonyl (C=O) groups is 3. The summed E-state index contributed by atoms with van der Waals surface area (Å²) in [7, 11) is 0. The van der Waals surface area contributed by atoms with E-state index in [0.29, 0.717) is 16.3 Å². The monoisotopic (exact) mass is 479 g/mol. The van der Waals surface area contributed by atoms with Crippen LogP contribution in [0.4, 0.5) is 4.79 Å². The van der Waals surface area contributed by atoms with E-state index in [9.17, 15) is 14.4 Å². The Morgan fingerprint density at radius 2 is 1.74 bits per heavy atom. The van der Waals surface area contributed by atoms with Crippen molar-refractivity contribution in [1.29, 1.82) is 0 Å². The summed E-state index contributed by atoms with van der Waals surface area (Å²) in [4.78, 5) is 39.9. The second-order valence-electron chi connectivity index (χ2n) is 8.10. The molecule has 8 nitrogen and oxygen atoms in total. The Morgan fingerprint density at radius 1 is 1.09 bits per heavy atom. The zero-order chi connectivity index (χ0) is 24.1. The number of rotatable bonds is 9. The van der Waals surface area contributed by atoms with Gasteiger partial charge in [-0.3, -0.25) is 9.59 Å². The fourth-order valence-electron chi connectivity index (χ4n) is 4.00. The molecule has 34 heavy (non-hydrogen) atoms. The molecule has 1 aliphatic carbocycles. The molecule has 0 spiro atoms. The number of fused-ring (bicyclic) bond motifs is 3. The number of aliphatic carboxylic acids is 1. The molecule has 9 heteroatoms. The maximum Gasteiger partial charge on any atom is 0.407 e. The van der Waals surface area contributed by atoms with Gasteiger partial charge in [-0.25, -0.2) is 9.78 Å². The molecule has 0 fully saturated rings. The highest BCUT2D eigenvalue weighted by Gasteiger charge is 2.29. The SMILES string of the molecule is CC(CCC(=O)O)NC(=O)c1cnc(CNC(=O)OCC2c3ccccc3-c3ccccc32)s1. The van der Waals surface area contributed by atoms with Crippen molar-refractivity contribution >= 4 is 29.3 Å². The summed E-state index contributed by atoms with van der Waals surface area (Å²) in [6, 6.07) is 16.0. The lowest BCUT2D eigenvalue weighted by atomic mass is 9.98. The first-order valence-corrected chi connectivity index (χ1v) is 11.8. The van der Waals surface area contributed by atoms with E-state index in [1.165, 1.54) is 6.20 Å². The summed E-state index contributed by atoms with van der Waals surface area (Å²) in [5.41, 5.74) is 4.62. The highest BCUT2D eigenvalue weighted by molar-refractivity contribution is 7.13. The Hall–Kier alpha value is -3.72. The number of aromatic nitrogens is 1. The summed E-state index contributed by atoms with van der Waals surface area (Å²) in [5, 5.41) is 14.7. The van der Waals surface area contributed by atoms with Crippen LogP contribution in [0.5, 0.6) is 0 Å². The number of amides is 2. The topological polar surface area (TPSA) is 118 Å². The number of thiazole rings is 1. The minimum Gasteiger partial charge on any atom is -0.481 e.